The van der Waals surface area contributed by atoms with Crippen molar-refractivity contribution in [3.8, 4) is 0 Å². The van der Waals surface area contributed by atoms with Gasteiger partial charge in [0.05, 0.1) is 12.7 Å². The molecule has 3 heterocycles. The van der Waals surface area contributed by atoms with Gasteiger partial charge in [0.1, 0.15) is 17.6 Å². The first-order valence-electron chi connectivity index (χ1n) is 6.02. The number of methoxy groups -OCH3 is 1. The third-order valence-corrected chi connectivity index (χ3v) is 3.15. The first kappa shape index (κ1) is 12.4. The van der Waals surface area contributed by atoms with E-state index >= 15 is 0 Å². The molecule has 0 unspecified atom stereocenters. The molecule has 0 radical (unpaired) electrons. The Morgan fingerprint density at radius 3 is 2.90 bits per heavy atom. The zero-order valence-electron chi connectivity index (χ0n) is 11.2. The van der Waals surface area contributed by atoms with Crippen LogP contribution in [0.2, 0.25) is 0 Å². The fourth-order valence-electron chi connectivity index (χ4n) is 2.25. The summed E-state index contributed by atoms with van der Waals surface area (Å²) in [6.07, 6.45) is 0. The minimum Gasteiger partial charge on any atom is -0.466 e. The Balaban J connectivity index is 2.18. The van der Waals surface area contributed by atoms with Crippen molar-refractivity contribution in [3.63, 3.8) is 0 Å². The number of esters is 1. The normalized spacial score (nSPS) is 17.6. The van der Waals surface area contributed by atoms with Crippen LogP contribution in [0.25, 0.3) is 0 Å². The van der Waals surface area contributed by atoms with Gasteiger partial charge in [-0.1, -0.05) is 5.10 Å². The van der Waals surface area contributed by atoms with E-state index in [0.717, 1.165) is 5.76 Å². The predicted octanol–water partition coefficient (Wildman–Crippen LogP) is 1.04. The summed E-state index contributed by atoms with van der Waals surface area (Å²) in [5.41, 5.74) is 1.06. The molecule has 20 heavy (non-hydrogen) atoms. The van der Waals surface area contributed by atoms with E-state index in [0.29, 0.717) is 23.0 Å². The molecule has 0 saturated carbocycles. The summed E-state index contributed by atoms with van der Waals surface area (Å²) in [6.45, 7) is 3.60. The molecule has 1 aliphatic heterocycles. The molecule has 0 spiro atoms. The van der Waals surface area contributed by atoms with E-state index < -0.39 is 12.0 Å². The van der Waals surface area contributed by atoms with Gasteiger partial charge in [-0.15, -0.1) is 0 Å². The fraction of sp³-hybridized carbons (Fsp3) is 0.333. The van der Waals surface area contributed by atoms with E-state index in [1.54, 1.807) is 13.0 Å². The molecule has 0 saturated heterocycles. The van der Waals surface area contributed by atoms with Crippen molar-refractivity contribution in [1.29, 1.82) is 0 Å². The molecule has 8 heteroatoms. The summed E-state index contributed by atoms with van der Waals surface area (Å²) in [5.74, 6) is 1.33. The quantitative estimate of drug-likeness (QED) is 0.818. The van der Waals surface area contributed by atoms with Crippen LogP contribution in [0.3, 0.4) is 0 Å². The second kappa shape index (κ2) is 4.48. The third kappa shape index (κ3) is 1.77. The summed E-state index contributed by atoms with van der Waals surface area (Å²) < 4.78 is 12.0. The summed E-state index contributed by atoms with van der Waals surface area (Å²) in [4.78, 5) is 12.1. The average Bonchev–Trinajstić information content (AvgIpc) is 3.04. The highest BCUT2D eigenvalue weighted by Crippen LogP contribution is 2.35. The largest absolute Gasteiger partial charge is 0.466 e. The molecule has 2 aromatic rings. The number of carbonyl (C=O) groups is 1. The van der Waals surface area contributed by atoms with Gasteiger partial charge in [0.25, 0.3) is 0 Å². The Morgan fingerprint density at radius 2 is 2.25 bits per heavy atom. The van der Waals surface area contributed by atoms with Gasteiger partial charge in [0.2, 0.25) is 5.95 Å². The lowest BCUT2D eigenvalue weighted by Crippen LogP contribution is -2.29. The summed E-state index contributed by atoms with van der Waals surface area (Å²) in [6, 6.07) is 3.08. The number of fused-ring (bicyclic) bond motifs is 1. The Bertz CT molecular complexity index is 700. The summed E-state index contributed by atoms with van der Waals surface area (Å²) in [7, 11) is 1.34. The molecule has 1 aliphatic rings. The number of nitrogens with zero attached hydrogens (tertiary/aromatic N) is 4. The molecule has 104 valence electrons. The smallest absolute Gasteiger partial charge is 0.338 e. The first-order valence-corrected chi connectivity index (χ1v) is 6.02. The standard InChI is InChI=1S/C12H13N5O3/c1-6-4-5-8(20-6)10-9(11(18)19-3)7(2)13-12-14-15-16-17(10)12/h4-5,10H,1-3H3,(H,13,14,16)/t10-/m1/s1. The molecule has 0 bridgehead atoms. The number of tetrazole rings is 1. The molecular weight excluding hydrogens is 262 g/mol. The van der Waals surface area contributed by atoms with Gasteiger partial charge in [0.15, 0.2) is 0 Å². The SMILES string of the molecule is COC(=O)C1=C(C)Nc2nnnn2[C@@H]1c1ccc(C)o1. The molecule has 8 nitrogen and oxygen atoms in total. The lowest BCUT2D eigenvalue weighted by Gasteiger charge is -2.25. The topological polar surface area (TPSA) is 95.1 Å². The monoisotopic (exact) mass is 275 g/mol. The number of anilines is 1. The average molecular weight is 275 g/mol. The minimum absolute atomic E-state index is 0.418. The molecule has 3 rings (SSSR count). The van der Waals surface area contributed by atoms with Crippen molar-refractivity contribution in [3.05, 3.63) is 34.9 Å². The molecular formula is C12H13N5O3. The van der Waals surface area contributed by atoms with Crippen LogP contribution in [-0.2, 0) is 9.53 Å². The van der Waals surface area contributed by atoms with Gasteiger partial charge in [-0.2, -0.15) is 4.68 Å². The van der Waals surface area contributed by atoms with Crippen LogP contribution in [-0.4, -0.2) is 33.3 Å². The van der Waals surface area contributed by atoms with Gasteiger partial charge in [0, 0.05) is 5.70 Å². The second-order valence-corrected chi connectivity index (χ2v) is 4.45. The van der Waals surface area contributed by atoms with Crippen molar-refractivity contribution in [2.75, 3.05) is 12.4 Å². The van der Waals surface area contributed by atoms with Gasteiger partial charge < -0.3 is 14.5 Å². The highest BCUT2D eigenvalue weighted by atomic mass is 16.5. The number of allylic oxidation sites excluding steroid dienone is 1. The second-order valence-electron chi connectivity index (χ2n) is 4.45. The van der Waals surface area contributed by atoms with E-state index in [4.69, 9.17) is 9.15 Å². The maximum atomic E-state index is 12.1. The molecule has 0 aliphatic carbocycles. The number of aromatic nitrogens is 4. The highest BCUT2D eigenvalue weighted by molar-refractivity contribution is 5.92. The Labute approximate surface area is 114 Å². The molecule has 0 aromatic carbocycles. The van der Waals surface area contributed by atoms with Gasteiger partial charge in [-0.05, 0) is 36.4 Å². The lowest BCUT2D eigenvalue weighted by molar-refractivity contribution is -0.136. The Hall–Kier alpha value is -2.64. The molecule has 2 aromatic heterocycles. The van der Waals surface area contributed by atoms with Crippen LogP contribution in [0.1, 0.15) is 24.5 Å². The van der Waals surface area contributed by atoms with Crippen molar-refractivity contribution < 1.29 is 13.9 Å². The Morgan fingerprint density at radius 1 is 1.45 bits per heavy atom. The maximum absolute atomic E-state index is 12.1. The van der Waals surface area contributed by atoms with Crippen molar-refractivity contribution in [2.45, 2.75) is 19.9 Å². The zero-order chi connectivity index (χ0) is 14.3. The van der Waals surface area contributed by atoms with Gasteiger partial charge in [-0.3, -0.25) is 0 Å². The van der Waals surface area contributed by atoms with E-state index in [-0.39, 0.29) is 0 Å². The number of rotatable bonds is 2. The van der Waals surface area contributed by atoms with E-state index in [9.17, 15) is 4.79 Å². The van der Waals surface area contributed by atoms with Crippen LogP contribution in [0.4, 0.5) is 5.95 Å². The molecule has 0 amide bonds. The Kier molecular flexibility index (Phi) is 2.78. The predicted molar refractivity (Wildman–Crippen MR) is 67.7 cm³/mol. The third-order valence-electron chi connectivity index (χ3n) is 3.15. The van der Waals surface area contributed by atoms with E-state index in [1.165, 1.54) is 11.8 Å². The van der Waals surface area contributed by atoms with Crippen molar-refractivity contribution in [1.82, 2.24) is 20.2 Å². The van der Waals surface area contributed by atoms with Gasteiger partial charge in [-0.25, -0.2) is 4.79 Å². The van der Waals surface area contributed by atoms with E-state index in [2.05, 4.69) is 20.8 Å². The summed E-state index contributed by atoms with van der Waals surface area (Å²) in [5, 5.41) is 14.4. The number of furan rings is 1. The number of aryl methyl sites for hydroxylation is 1. The van der Waals surface area contributed by atoms with Crippen molar-refractivity contribution >= 4 is 11.9 Å². The molecule has 1 atom stereocenters. The highest BCUT2D eigenvalue weighted by Gasteiger charge is 2.36. The van der Waals surface area contributed by atoms with Crippen molar-refractivity contribution in [2.24, 2.45) is 0 Å². The molecule has 1 N–H and O–H groups in total. The van der Waals surface area contributed by atoms with Crippen LogP contribution in [0.5, 0.6) is 0 Å². The lowest BCUT2D eigenvalue weighted by atomic mass is 10.0. The minimum atomic E-state index is -0.539. The number of carbonyl (C=O) groups excluding carboxylic acids is 1. The molecule has 0 fully saturated rings. The van der Waals surface area contributed by atoms with Crippen LogP contribution in [0, 0.1) is 6.92 Å². The number of hydrogen-bond donors (Lipinski definition) is 1. The van der Waals surface area contributed by atoms with Crippen LogP contribution < -0.4 is 5.32 Å². The van der Waals surface area contributed by atoms with E-state index in [1.807, 2.05) is 13.0 Å². The fourth-order valence-corrected chi connectivity index (χ4v) is 2.25. The summed E-state index contributed by atoms with van der Waals surface area (Å²) >= 11 is 0. The number of hydrogen-bond acceptors (Lipinski definition) is 7. The first-order chi connectivity index (χ1) is 9.61. The van der Waals surface area contributed by atoms with Crippen LogP contribution in [0.15, 0.2) is 27.8 Å². The zero-order valence-corrected chi connectivity index (χ0v) is 11.2. The maximum Gasteiger partial charge on any atom is 0.338 e. The van der Waals surface area contributed by atoms with Gasteiger partial charge >= 0.3 is 5.97 Å². The number of ether oxygens (including phenoxy) is 1. The van der Waals surface area contributed by atoms with Crippen LogP contribution >= 0.6 is 0 Å². The number of nitrogens with one attached hydrogen (secondary N) is 1.